The lowest BCUT2D eigenvalue weighted by Gasteiger charge is -2.22. The van der Waals surface area contributed by atoms with Crippen molar-refractivity contribution >= 4 is 39.2 Å². The molecule has 0 saturated heterocycles. The van der Waals surface area contributed by atoms with E-state index < -0.39 is 15.6 Å². The maximum atomic E-state index is 11.6. The number of amidine groups is 1. The number of nitrogens with zero attached hydrogens (tertiary/aromatic N) is 2. The first kappa shape index (κ1) is 17.6. The molecule has 6 nitrogen and oxygen atoms in total. The first-order valence-electron chi connectivity index (χ1n) is 7.34. The zero-order chi connectivity index (χ0) is 18.2. The fraction of sp³-hybridized carbons (Fsp3) is 0.176. The van der Waals surface area contributed by atoms with Crippen LogP contribution in [0.1, 0.15) is 5.56 Å². The van der Waals surface area contributed by atoms with Gasteiger partial charge in [0, 0.05) is 22.5 Å². The van der Waals surface area contributed by atoms with Gasteiger partial charge in [-0.15, -0.1) is 0 Å². The summed E-state index contributed by atoms with van der Waals surface area (Å²) in [6.45, 7) is -0.0404. The summed E-state index contributed by atoms with van der Waals surface area (Å²) in [6.07, 6.45) is 1.51. The van der Waals surface area contributed by atoms with Crippen LogP contribution in [0.4, 0.5) is 5.69 Å². The Morgan fingerprint density at radius 3 is 2.28 bits per heavy atom. The van der Waals surface area contributed by atoms with Gasteiger partial charge in [0.25, 0.3) is 0 Å². The van der Waals surface area contributed by atoms with Crippen LogP contribution in [-0.4, -0.2) is 44.2 Å². The van der Waals surface area contributed by atoms with Gasteiger partial charge in [0.1, 0.15) is 5.84 Å². The van der Waals surface area contributed by atoms with Gasteiger partial charge in [-0.2, -0.15) is 0 Å². The van der Waals surface area contributed by atoms with Crippen molar-refractivity contribution in [3.63, 3.8) is 0 Å². The standard InChI is InChI=1S/C17H15ClN2O4S/c1-25(23,24)15-8-2-12(3-9-15)16-19-17(22,11-21)10-20(16)14-6-4-13(18)5-7-14/h2-9,11,22H,10H2,1H3. The van der Waals surface area contributed by atoms with Crippen molar-refractivity contribution < 1.29 is 18.3 Å². The van der Waals surface area contributed by atoms with Crippen molar-refractivity contribution in [3.8, 4) is 0 Å². The Labute approximate surface area is 150 Å². The third-order valence-corrected chi connectivity index (χ3v) is 5.19. The van der Waals surface area contributed by atoms with E-state index in [-0.39, 0.29) is 11.4 Å². The summed E-state index contributed by atoms with van der Waals surface area (Å²) >= 11 is 5.90. The smallest absolute Gasteiger partial charge is 0.232 e. The highest BCUT2D eigenvalue weighted by Crippen LogP contribution is 2.28. The third-order valence-electron chi connectivity index (χ3n) is 3.81. The van der Waals surface area contributed by atoms with E-state index in [1.54, 1.807) is 41.3 Å². The highest BCUT2D eigenvalue weighted by molar-refractivity contribution is 7.90. The summed E-state index contributed by atoms with van der Waals surface area (Å²) in [6, 6.07) is 13.0. The molecule has 0 amide bonds. The third kappa shape index (κ3) is 3.58. The number of rotatable bonds is 4. The Bertz CT molecular complexity index is 940. The van der Waals surface area contributed by atoms with Crippen molar-refractivity contribution in [1.29, 1.82) is 0 Å². The van der Waals surface area contributed by atoms with Crippen LogP contribution >= 0.6 is 11.6 Å². The van der Waals surface area contributed by atoms with E-state index in [1.807, 2.05) is 0 Å². The zero-order valence-electron chi connectivity index (χ0n) is 13.3. The molecule has 25 heavy (non-hydrogen) atoms. The second-order valence-electron chi connectivity index (χ2n) is 5.79. The van der Waals surface area contributed by atoms with Crippen LogP contribution in [0.3, 0.4) is 0 Å². The summed E-state index contributed by atoms with van der Waals surface area (Å²) in [5, 5.41) is 10.8. The van der Waals surface area contributed by atoms with E-state index in [9.17, 15) is 18.3 Å². The Morgan fingerprint density at radius 1 is 1.16 bits per heavy atom. The molecule has 130 valence electrons. The number of sulfone groups is 1. The highest BCUT2D eigenvalue weighted by atomic mass is 35.5. The number of anilines is 1. The molecule has 0 radical (unpaired) electrons. The zero-order valence-corrected chi connectivity index (χ0v) is 14.8. The number of β-amino-alcohol motifs (C(OH)–C–C–N with tert-alkyl or cyclic N) is 1. The Hall–Kier alpha value is -2.22. The van der Waals surface area contributed by atoms with Gasteiger partial charge in [0.05, 0.1) is 11.4 Å². The summed E-state index contributed by atoms with van der Waals surface area (Å²) in [5.74, 6) is 0.372. The van der Waals surface area contributed by atoms with Gasteiger partial charge >= 0.3 is 0 Å². The lowest BCUT2D eigenvalue weighted by molar-refractivity contribution is -0.121. The second-order valence-corrected chi connectivity index (χ2v) is 8.24. The molecular formula is C17H15ClN2O4S. The Kier molecular flexibility index (Phi) is 4.40. The van der Waals surface area contributed by atoms with Crippen LogP contribution in [0.2, 0.25) is 5.02 Å². The summed E-state index contributed by atoms with van der Waals surface area (Å²) in [5.41, 5.74) is -0.571. The first-order chi connectivity index (χ1) is 11.7. The lowest BCUT2D eigenvalue weighted by Crippen LogP contribution is -2.37. The molecule has 1 atom stereocenters. The molecule has 0 saturated carbocycles. The molecule has 0 bridgehead atoms. The van der Waals surface area contributed by atoms with Crippen LogP contribution in [-0.2, 0) is 14.6 Å². The van der Waals surface area contributed by atoms with Gasteiger partial charge in [-0.25, -0.2) is 13.4 Å². The van der Waals surface area contributed by atoms with Crippen LogP contribution in [0.5, 0.6) is 0 Å². The molecule has 1 aliphatic rings. The topological polar surface area (TPSA) is 87.0 Å². The van der Waals surface area contributed by atoms with E-state index >= 15 is 0 Å². The number of benzene rings is 2. The van der Waals surface area contributed by atoms with Crippen molar-refractivity contribution in [2.75, 3.05) is 17.7 Å². The molecule has 3 rings (SSSR count). The largest absolute Gasteiger partial charge is 0.362 e. The second kappa shape index (κ2) is 6.25. The maximum absolute atomic E-state index is 11.6. The number of halogens is 1. The molecule has 0 aliphatic carbocycles. The van der Waals surface area contributed by atoms with E-state index in [0.29, 0.717) is 28.4 Å². The number of hydrogen-bond acceptors (Lipinski definition) is 6. The van der Waals surface area contributed by atoms with Crippen molar-refractivity contribution in [2.24, 2.45) is 4.99 Å². The number of aliphatic hydroxyl groups is 1. The number of aliphatic imine (C=N–C) groups is 1. The number of carbonyl (C=O) groups is 1. The quantitative estimate of drug-likeness (QED) is 0.821. The van der Waals surface area contributed by atoms with E-state index in [0.717, 1.165) is 6.26 Å². The van der Waals surface area contributed by atoms with Crippen LogP contribution in [0, 0.1) is 0 Å². The van der Waals surface area contributed by atoms with Crippen LogP contribution in [0.25, 0.3) is 0 Å². The maximum Gasteiger partial charge on any atom is 0.232 e. The van der Waals surface area contributed by atoms with E-state index in [1.165, 1.54) is 12.1 Å². The Morgan fingerprint density at radius 2 is 1.76 bits per heavy atom. The molecule has 1 unspecified atom stereocenters. The van der Waals surface area contributed by atoms with Gasteiger partial charge in [-0.3, -0.25) is 4.79 Å². The minimum atomic E-state index is -3.31. The monoisotopic (exact) mass is 378 g/mol. The van der Waals surface area contributed by atoms with Gasteiger partial charge in [0.15, 0.2) is 16.1 Å². The summed E-state index contributed by atoms with van der Waals surface area (Å²) in [7, 11) is -3.31. The number of hydrogen-bond donors (Lipinski definition) is 1. The van der Waals surface area contributed by atoms with Crippen molar-refractivity contribution in [1.82, 2.24) is 0 Å². The first-order valence-corrected chi connectivity index (χ1v) is 9.61. The average molecular weight is 379 g/mol. The molecule has 2 aromatic rings. The SMILES string of the molecule is CS(=O)(=O)c1ccc(C2=NC(O)(C=O)CN2c2ccc(Cl)cc2)cc1. The molecule has 8 heteroatoms. The Balaban J connectivity index is 2.04. The predicted molar refractivity (Wildman–Crippen MR) is 95.9 cm³/mol. The lowest BCUT2D eigenvalue weighted by atomic mass is 10.1. The average Bonchev–Trinajstić information content (AvgIpc) is 2.94. The number of carbonyl (C=O) groups excluding carboxylic acids is 1. The molecule has 0 spiro atoms. The number of aldehydes is 1. The van der Waals surface area contributed by atoms with Gasteiger partial charge in [-0.05, 0) is 48.5 Å². The highest BCUT2D eigenvalue weighted by Gasteiger charge is 2.38. The van der Waals surface area contributed by atoms with Gasteiger partial charge < -0.3 is 10.0 Å². The normalized spacial score (nSPS) is 20.4. The predicted octanol–water partition coefficient (Wildman–Crippen LogP) is 1.90. The molecule has 1 aliphatic heterocycles. The summed E-state index contributed by atoms with van der Waals surface area (Å²) < 4.78 is 23.2. The van der Waals surface area contributed by atoms with Gasteiger partial charge in [-0.1, -0.05) is 11.6 Å². The molecule has 2 aromatic carbocycles. The molecule has 0 fully saturated rings. The van der Waals surface area contributed by atoms with E-state index in [2.05, 4.69) is 4.99 Å². The fourth-order valence-electron chi connectivity index (χ4n) is 2.56. The van der Waals surface area contributed by atoms with E-state index in [4.69, 9.17) is 11.6 Å². The van der Waals surface area contributed by atoms with Crippen molar-refractivity contribution in [3.05, 3.63) is 59.1 Å². The minimum Gasteiger partial charge on any atom is -0.362 e. The van der Waals surface area contributed by atoms with Gasteiger partial charge in [0.2, 0.25) is 5.72 Å². The summed E-state index contributed by atoms with van der Waals surface area (Å²) in [4.78, 5) is 17.2. The molecule has 0 aromatic heterocycles. The molecule has 1 N–H and O–H groups in total. The van der Waals surface area contributed by atoms with Crippen molar-refractivity contribution in [2.45, 2.75) is 10.6 Å². The van der Waals surface area contributed by atoms with Crippen LogP contribution < -0.4 is 4.90 Å². The minimum absolute atomic E-state index is 0.0404. The van der Waals surface area contributed by atoms with Crippen LogP contribution in [0.15, 0.2) is 58.4 Å². The molecular weight excluding hydrogens is 364 g/mol. The molecule has 1 heterocycles. The fourth-order valence-corrected chi connectivity index (χ4v) is 3.31.